The fourth-order valence-corrected chi connectivity index (χ4v) is 4.93. The number of hydrogen-bond donors (Lipinski definition) is 2. The molecular weight excluding hydrogens is 376 g/mol. The molecule has 0 radical (unpaired) electrons. The van der Waals surface area contributed by atoms with Gasteiger partial charge in [-0.2, -0.15) is 0 Å². The van der Waals surface area contributed by atoms with E-state index in [2.05, 4.69) is 22.3 Å². The highest BCUT2D eigenvalue weighted by atomic mass is 32.1. The third kappa shape index (κ3) is 4.09. The molecule has 3 amide bonds. The van der Waals surface area contributed by atoms with Gasteiger partial charge in [-0.25, -0.2) is 4.79 Å². The molecule has 0 unspecified atom stereocenters. The predicted molar refractivity (Wildman–Crippen MR) is 109 cm³/mol. The Bertz CT molecular complexity index is 948. The van der Waals surface area contributed by atoms with Crippen LogP contribution in [0.15, 0.2) is 18.2 Å². The van der Waals surface area contributed by atoms with Gasteiger partial charge in [0.1, 0.15) is 5.00 Å². The third-order valence-corrected chi connectivity index (χ3v) is 6.16. The number of ether oxygens (including phenoxy) is 1. The van der Waals surface area contributed by atoms with Gasteiger partial charge in [-0.15, -0.1) is 11.3 Å². The van der Waals surface area contributed by atoms with E-state index in [-0.39, 0.29) is 5.91 Å². The van der Waals surface area contributed by atoms with Gasteiger partial charge in [0.25, 0.3) is 11.8 Å². The van der Waals surface area contributed by atoms with E-state index in [1.807, 2.05) is 26.0 Å². The number of amides is 3. The number of rotatable bonds is 3. The zero-order chi connectivity index (χ0) is 20.4. The lowest BCUT2D eigenvalue weighted by Crippen LogP contribution is -2.31. The number of nitrogens with one attached hydrogen (secondary N) is 2. The van der Waals surface area contributed by atoms with Crippen molar-refractivity contribution in [3.8, 4) is 0 Å². The second-order valence-corrected chi connectivity index (χ2v) is 8.38. The van der Waals surface area contributed by atoms with Crippen LogP contribution in [-0.4, -0.2) is 25.0 Å². The second kappa shape index (κ2) is 8.14. The zero-order valence-electron chi connectivity index (χ0n) is 16.5. The van der Waals surface area contributed by atoms with Gasteiger partial charge in [-0.1, -0.05) is 24.6 Å². The Morgan fingerprint density at radius 2 is 1.93 bits per heavy atom. The molecule has 28 heavy (non-hydrogen) atoms. The summed E-state index contributed by atoms with van der Waals surface area (Å²) in [6, 6.07) is 5.61. The number of fused-ring (bicyclic) bond motifs is 1. The van der Waals surface area contributed by atoms with Crippen molar-refractivity contribution in [1.82, 2.24) is 5.32 Å². The molecule has 0 spiro atoms. The zero-order valence-corrected chi connectivity index (χ0v) is 17.3. The van der Waals surface area contributed by atoms with Crippen LogP contribution in [0.2, 0.25) is 0 Å². The quantitative estimate of drug-likeness (QED) is 0.807. The van der Waals surface area contributed by atoms with Crippen LogP contribution in [0.3, 0.4) is 0 Å². The topological polar surface area (TPSA) is 84.5 Å². The molecule has 1 heterocycles. The number of aryl methyl sites for hydroxylation is 2. The van der Waals surface area contributed by atoms with Crippen LogP contribution in [-0.2, 0) is 17.6 Å². The van der Waals surface area contributed by atoms with Crippen molar-refractivity contribution in [3.05, 3.63) is 50.9 Å². The molecule has 1 aliphatic rings. The summed E-state index contributed by atoms with van der Waals surface area (Å²) in [5.41, 5.74) is 3.79. The Hall–Kier alpha value is -2.67. The van der Waals surface area contributed by atoms with Gasteiger partial charge in [-0.3, -0.25) is 14.9 Å². The minimum Gasteiger partial charge on any atom is -0.453 e. The summed E-state index contributed by atoms with van der Waals surface area (Å²) in [5.74, 6) is -0.295. The molecule has 1 aliphatic carbocycles. The first-order chi connectivity index (χ1) is 13.3. The lowest BCUT2D eigenvalue weighted by molar-refractivity contribution is 0.0937. The SMILES string of the molecule is COC(=O)NC(=O)c1c(NC(=O)c2ccc(C)cc2C)sc2c1CC[C@H](C)C2. The fourth-order valence-electron chi connectivity index (χ4n) is 3.52. The van der Waals surface area contributed by atoms with Gasteiger partial charge in [0.05, 0.1) is 12.7 Å². The van der Waals surface area contributed by atoms with Crippen LogP contribution in [0.5, 0.6) is 0 Å². The van der Waals surface area contributed by atoms with Gasteiger partial charge < -0.3 is 10.1 Å². The van der Waals surface area contributed by atoms with Crippen LogP contribution in [0.25, 0.3) is 0 Å². The number of benzene rings is 1. The monoisotopic (exact) mass is 400 g/mol. The summed E-state index contributed by atoms with van der Waals surface area (Å²) in [5, 5.41) is 5.60. The van der Waals surface area contributed by atoms with Crippen molar-refractivity contribution < 1.29 is 19.1 Å². The van der Waals surface area contributed by atoms with Crippen LogP contribution < -0.4 is 10.6 Å². The van der Waals surface area contributed by atoms with Gasteiger partial charge in [0, 0.05) is 10.4 Å². The average Bonchev–Trinajstić information content (AvgIpc) is 2.98. The van der Waals surface area contributed by atoms with Gasteiger partial charge in [0.15, 0.2) is 0 Å². The van der Waals surface area contributed by atoms with E-state index in [4.69, 9.17) is 0 Å². The van der Waals surface area contributed by atoms with Crippen LogP contribution in [0.1, 0.15) is 55.6 Å². The summed E-state index contributed by atoms with van der Waals surface area (Å²) in [4.78, 5) is 38.2. The first-order valence-electron chi connectivity index (χ1n) is 9.22. The number of carbonyl (C=O) groups excluding carboxylic acids is 3. The Labute approximate surface area is 168 Å². The minimum absolute atomic E-state index is 0.267. The molecule has 148 valence electrons. The summed E-state index contributed by atoms with van der Waals surface area (Å²) < 4.78 is 4.54. The Morgan fingerprint density at radius 3 is 2.61 bits per heavy atom. The predicted octanol–water partition coefficient (Wildman–Crippen LogP) is 4.24. The number of hydrogen-bond acceptors (Lipinski definition) is 5. The van der Waals surface area contributed by atoms with Gasteiger partial charge >= 0.3 is 6.09 Å². The van der Waals surface area contributed by atoms with Crippen LogP contribution in [0.4, 0.5) is 9.80 Å². The minimum atomic E-state index is -0.819. The molecule has 0 fully saturated rings. The maximum Gasteiger partial charge on any atom is 0.413 e. The largest absolute Gasteiger partial charge is 0.453 e. The summed E-state index contributed by atoms with van der Waals surface area (Å²) >= 11 is 1.42. The standard InChI is InChI=1S/C21H24N2O4S/c1-11-5-7-14(13(3)9-11)18(24)22-20-17(19(25)23-21(26)27-4)15-8-6-12(2)10-16(15)28-20/h5,7,9,12H,6,8,10H2,1-4H3,(H,22,24)(H,23,25,26)/t12-/m0/s1. The number of alkyl carbamates (subject to hydrolysis) is 1. The molecule has 1 atom stereocenters. The lowest BCUT2D eigenvalue weighted by Gasteiger charge is -2.18. The Balaban J connectivity index is 1.96. The maximum absolute atomic E-state index is 12.8. The normalized spacial score (nSPS) is 15.5. The average molecular weight is 401 g/mol. The number of imide groups is 1. The molecule has 2 aromatic rings. The second-order valence-electron chi connectivity index (χ2n) is 7.27. The molecule has 7 heteroatoms. The highest BCUT2D eigenvalue weighted by Gasteiger charge is 2.29. The molecule has 1 aromatic carbocycles. The first-order valence-corrected chi connectivity index (χ1v) is 10.0. The van der Waals surface area contributed by atoms with E-state index in [1.54, 1.807) is 6.07 Å². The first kappa shape index (κ1) is 20.1. The molecule has 0 aliphatic heterocycles. The summed E-state index contributed by atoms with van der Waals surface area (Å²) in [6.07, 6.45) is 1.75. The lowest BCUT2D eigenvalue weighted by atomic mass is 9.88. The molecule has 0 saturated carbocycles. The van der Waals surface area contributed by atoms with Crippen molar-refractivity contribution in [1.29, 1.82) is 0 Å². The smallest absolute Gasteiger partial charge is 0.413 e. The molecule has 6 nitrogen and oxygen atoms in total. The third-order valence-electron chi connectivity index (χ3n) is 4.99. The van der Waals surface area contributed by atoms with E-state index in [0.29, 0.717) is 22.0 Å². The number of carbonyl (C=O) groups is 3. The highest BCUT2D eigenvalue weighted by molar-refractivity contribution is 7.17. The van der Waals surface area contributed by atoms with Crippen LogP contribution >= 0.6 is 11.3 Å². The van der Waals surface area contributed by atoms with Crippen molar-refractivity contribution in [2.45, 2.75) is 40.0 Å². The summed E-state index contributed by atoms with van der Waals surface area (Å²) in [6.45, 7) is 6.02. The van der Waals surface area contributed by atoms with E-state index < -0.39 is 12.0 Å². The molecule has 0 bridgehead atoms. The van der Waals surface area contributed by atoms with E-state index in [1.165, 1.54) is 18.4 Å². The number of methoxy groups -OCH3 is 1. The van der Waals surface area contributed by atoms with Crippen molar-refractivity contribution in [2.75, 3.05) is 12.4 Å². The van der Waals surface area contributed by atoms with E-state index in [9.17, 15) is 14.4 Å². The summed E-state index contributed by atoms with van der Waals surface area (Å²) in [7, 11) is 1.20. The molecule has 2 N–H and O–H groups in total. The number of thiophene rings is 1. The Kier molecular flexibility index (Phi) is 5.84. The van der Waals surface area contributed by atoms with Crippen LogP contribution in [0, 0.1) is 19.8 Å². The van der Waals surface area contributed by atoms with Crippen molar-refractivity contribution in [3.63, 3.8) is 0 Å². The van der Waals surface area contributed by atoms with Crippen molar-refractivity contribution >= 4 is 34.2 Å². The van der Waals surface area contributed by atoms with Crippen molar-refractivity contribution in [2.24, 2.45) is 5.92 Å². The number of anilines is 1. The van der Waals surface area contributed by atoms with E-state index >= 15 is 0 Å². The molecular formula is C21H24N2O4S. The molecule has 1 aromatic heterocycles. The fraction of sp³-hybridized carbons (Fsp3) is 0.381. The highest BCUT2D eigenvalue weighted by Crippen LogP contribution is 2.40. The maximum atomic E-state index is 12.8. The van der Waals surface area contributed by atoms with Gasteiger partial charge in [0.2, 0.25) is 0 Å². The molecule has 3 rings (SSSR count). The Morgan fingerprint density at radius 1 is 1.18 bits per heavy atom. The van der Waals surface area contributed by atoms with E-state index in [0.717, 1.165) is 40.8 Å². The molecule has 0 saturated heterocycles. The van der Waals surface area contributed by atoms with Gasteiger partial charge in [-0.05, 0) is 56.2 Å².